The Labute approximate surface area is 105 Å². The van der Waals surface area contributed by atoms with Gasteiger partial charge >= 0.3 is 5.97 Å². The maximum absolute atomic E-state index is 11.9. The number of aromatic nitrogens is 2. The van der Waals surface area contributed by atoms with Gasteiger partial charge in [-0.1, -0.05) is 22.0 Å². The first-order valence-corrected chi connectivity index (χ1v) is 5.61. The molecule has 1 heterocycles. The van der Waals surface area contributed by atoms with Crippen LogP contribution >= 0.6 is 15.9 Å². The minimum Gasteiger partial charge on any atom is -0.477 e. The third-order valence-corrected chi connectivity index (χ3v) is 2.84. The third kappa shape index (κ3) is 2.03. The molecule has 2 rings (SSSR count). The number of aromatic amines is 1. The summed E-state index contributed by atoms with van der Waals surface area (Å²) in [6.45, 7) is 1.55. The standard InChI is InChI=1S/C11H9BrN2O3/c1-6-9(11(16)17)10(15)14(13-6)8-4-2-3-7(12)5-8/h2-5,13H,1H3,(H,16,17). The number of carboxylic acids is 1. The zero-order valence-corrected chi connectivity index (χ0v) is 10.5. The average Bonchev–Trinajstić information content (AvgIpc) is 2.54. The van der Waals surface area contributed by atoms with E-state index in [2.05, 4.69) is 21.0 Å². The van der Waals surface area contributed by atoms with E-state index in [1.54, 1.807) is 25.1 Å². The van der Waals surface area contributed by atoms with Crippen LogP contribution in [0.5, 0.6) is 0 Å². The van der Waals surface area contributed by atoms with Crippen LogP contribution in [-0.2, 0) is 0 Å². The Morgan fingerprint density at radius 1 is 1.47 bits per heavy atom. The highest BCUT2D eigenvalue weighted by atomic mass is 79.9. The Morgan fingerprint density at radius 2 is 2.18 bits per heavy atom. The van der Waals surface area contributed by atoms with Gasteiger partial charge in [0.2, 0.25) is 0 Å². The number of hydrogen-bond donors (Lipinski definition) is 2. The Balaban J connectivity index is 2.66. The fraction of sp³-hybridized carbons (Fsp3) is 0.0909. The number of aryl methyl sites for hydroxylation is 1. The van der Waals surface area contributed by atoms with Crippen LogP contribution in [0.15, 0.2) is 33.5 Å². The van der Waals surface area contributed by atoms with Crippen LogP contribution in [0.1, 0.15) is 16.1 Å². The van der Waals surface area contributed by atoms with Crippen molar-refractivity contribution in [2.75, 3.05) is 0 Å². The molecule has 88 valence electrons. The van der Waals surface area contributed by atoms with E-state index in [0.717, 1.165) is 4.47 Å². The molecule has 0 atom stereocenters. The van der Waals surface area contributed by atoms with Crippen molar-refractivity contribution < 1.29 is 9.90 Å². The molecule has 0 fully saturated rings. The summed E-state index contributed by atoms with van der Waals surface area (Å²) in [4.78, 5) is 22.8. The number of H-pyrrole nitrogens is 1. The summed E-state index contributed by atoms with van der Waals surface area (Å²) in [5.74, 6) is -1.22. The quantitative estimate of drug-likeness (QED) is 0.889. The van der Waals surface area contributed by atoms with E-state index in [-0.39, 0.29) is 5.56 Å². The van der Waals surface area contributed by atoms with Crippen LogP contribution in [0.25, 0.3) is 5.69 Å². The first-order valence-electron chi connectivity index (χ1n) is 4.81. The number of hydrogen-bond acceptors (Lipinski definition) is 2. The molecule has 1 aromatic carbocycles. The maximum Gasteiger partial charge on any atom is 0.343 e. The maximum atomic E-state index is 11.9. The van der Waals surface area contributed by atoms with Gasteiger partial charge in [0.25, 0.3) is 5.56 Å². The van der Waals surface area contributed by atoms with E-state index in [9.17, 15) is 9.59 Å². The summed E-state index contributed by atoms with van der Waals surface area (Å²) in [7, 11) is 0. The highest BCUT2D eigenvalue weighted by Crippen LogP contribution is 2.14. The van der Waals surface area contributed by atoms with Crippen LogP contribution in [0.4, 0.5) is 0 Å². The molecule has 17 heavy (non-hydrogen) atoms. The second kappa shape index (κ2) is 4.21. The number of carbonyl (C=O) groups is 1. The molecule has 5 nitrogen and oxygen atoms in total. The molecule has 0 bridgehead atoms. The van der Waals surface area contributed by atoms with Gasteiger partial charge in [0.15, 0.2) is 0 Å². The van der Waals surface area contributed by atoms with E-state index in [1.807, 2.05) is 6.07 Å². The molecule has 0 radical (unpaired) electrons. The molecule has 2 N–H and O–H groups in total. The van der Waals surface area contributed by atoms with Crippen molar-refractivity contribution in [2.45, 2.75) is 6.92 Å². The molecule has 0 unspecified atom stereocenters. The predicted molar refractivity (Wildman–Crippen MR) is 65.8 cm³/mol. The summed E-state index contributed by atoms with van der Waals surface area (Å²) in [6.07, 6.45) is 0. The van der Waals surface area contributed by atoms with Gasteiger partial charge in [-0.2, -0.15) is 0 Å². The van der Waals surface area contributed by atoms with Gasteiger partial charge in [-0.05, 0) is 25.1 Å². The SMILES string of the molecule is Cc1[nH]n(-c2cccc(Br)c2)c(=O)c1C(=O)O. The van der Waals surface area contributed by atoms with Crippen LogP contribution in [0, 0.1) is 6.92 Å². The molecule has 0 saturated heterocycles. The normalized spacial score (nSPS) is 10.5. The number of benzene rings is 1. The highest BCUT2D eigenvalue weighted by molar-refractivity contribution is 9.10. The molecular weight excluding hydrogens is 288 g/mol. The molecule has 0 saturated carbocycles. The topological polar surface area (TPSA) is 75.1 Å². The minimum atomic E-state index is -1.22. The lowest BCUT2D eigenvalue weighted by Gasteiger charge is -2.01. The van der Waals surface area contributed by atoms with Gasteiger partial charge in [-0.15, -0.1) is 0 Å². The molecule has 0 aliphatic rings. The second-order valence-corrected chi connectivity index (χ2v) is 4.45. The summed E-state index contributed by atoms with van der Waals surface area (Å²) >= 11 is 3.29. The molecule has 0 aliphatic carbocycles. The molecule has 0 aliphatic heterocycles. The lowest BCUT2D eigenvalue weighted by atomic mass is 10.2. The smallest absolute Gasteiger partial charge is 0.343 e. The van der Waals surface area contributed by atoms with Gasteiger partial charge in [-0.3, -0.25) is 9.89 Å². The Kier molecular flexibility index (Phi) is 2.89. The molecule has 6 heteroatoms. The second-order valence-electron chi connectivity index (χ2n) is 3.54. The number of nitrogens with one attached hydrogen (secondary N) is 1. The lowest BCUT2D eigenvalue weighted by Crippen LogP contribution is -2.20. The number of halogens is 1. The third-order valence-electron chi connectivity index (χ3n) is 2.35. The largest absolute Gasteiger partial charge is 0.477 e. The van der Waals surface area contributed by atoms with Crippen molar-refractivity contribution in [1.82, 2.24) is 9.78 Å². The van der Waals surface area contributed by atoms with Crippen molar-refractivity contribution in [3.63, 3.8) is 0 Å². The Hall–Kier alpha value is -1.82. The van der Waals surface area contributed by atoms with E-state index in [4.69, 9.17) is 5.11 Å². The van der Waals surface area contributed by atoms with Gasteiger partial charge < -0.3 is 5.11 Å². The molecule has 0 spiro atoms. The summed E-state index contributed by atoms with van der Waals surface area (Å²) < 4.78 is 2.02. The van der Waals surface area contributed by atoms with E-state index < -0.39 is 11.5 Å². The van der Waals surface area contributed by atoms with Gasteiger partial charge in [-0.25, -0.2) is 9.48 Å². The molecule has 2 aromatic rings. The van der Waals surface area contributed by atoms with Crippen LogP contribution in [0.3, 0.4) is 0 Å². The monoisotopic (exact) mass is 296 g/mol. The number of aromatic carboxylic acids is 1. The summed E-state index contributed by atoms with van der Waals surface area (Å²) in [5, 5.41) is 11.7. The van der Waals surface area contributed by atoms with Crippen molar-refractivity contribution in [2.24, 2.45) is 0 Å². The summed E-state index contributed by atoms with van der Waals surface area (Å²) in [6, 6.07) is 7.03. The molecular formula is C11H9BrN2O3. The van der Waals surface area contributed by atoms with Gasteiger partial charge in [0.05, 0.1) is 5.69 Å². The Morgan fingerprint density at radius 3 is 2.71 bits per heavy atom. The molecule has 0 amide bonds. The van der Waals surface area contributed by atoms with E-state index >= 15 is 0 Å². The molecule has 1 aromatic heterocycles. The average molecular weight is 297 g/mol. The number of nitrogens with zero attached hydrogens (tertiary/aromatic N) is 1. The first kappa shape index (κ1) is 11.7. The Bertz CT molecular complexity index is 642. The van der Waals surface area contributed by atoms with Crippen molar-refractivity contribution in [3.8, 4) is 5.69 Å². The fourth-order valence-corrected chi connectivity index (χ4v) is 1.98. The predicted octanol–water partition coefficient (Wildman–Crippen LogP) is 1.93. The zero-order valence-electron chi connectivity index (χ0n) is 8.90. The van der Waals surface area contributed by atoms with Crippen molar-refractivity contribution >= 4 is 21.9 Å². The van der Waals surface area contributed by atoms with Gasteiger partial charge in [0.1, 0.15) is 5.56 Å². The minimum absolute atomic E-state index is 0.232. The zero-order chi connectivity index (χ0) is 12.6. The van der Waals surface area contributed by atoms with Crippen molar-refractivity contribution in [1.29, 1.82) is 0 Å². The van der Waals surface area contributed by atoms with Crippen LogP contribution in [-0.4, -0.2) is 20.9 Å². The summed E-state index contributed by atoms with van der Waals surface area (Å²) in [5.41, 5.74) is 0.125. The number of carboxylic acid groups (broad SMARTS) is 1. The fourth-order valence-electron chi connectivity index (χ4n) is 1.60. The number of rotatable bonds is 2. The highest BCUT2D eigenvalue weighted by Gasteiger charge is 2.18. The van der Waals surface area contributed by atoms with Crippen LogP contribution < -0.4 is 5.56 Å². The van der Waals surface area contributed by atoms with E-state index in [1.165, 1.54) is 4.68 Å². The van der Waals surface area contributed by atoms with E-state index in [0.29, 0.717) is 11.4 Å². The van der Waals surface area contributed by atoms with Gasteiger partial charge in [0, 0.05) is 10.2 Å². The van der Waals surface area contributed by atoms with Crippen molar-refractivity contribution in [3.05, 3.63) is 50.3 Å². The lowest BCUT2D eigenvalue weighted by molar-refractivity contribution is 0.0694. The first-order chi connectivity index (χ1) is 8.00. The van der Waals surface area contributed by atoms with Crippen LogP contribution in [0.2, 0.25) is 0 Å².